The van der Waals surface area contributed by atoms with Gasteiger partial charge in [0.25, 0.3) is 0 Å². The Kier molecular flexibility index (Phi) is 6.63. The minimum absolute atomic E-state index is 0.00990. The Bertz CT molecular complexity index is 1240. The molecule has 12 atom stereocenters. The molecule has 0 bridgehead atoms. The van der Waals surface area contributed by atoms with Crippen LogP contribution in [0.25, 0.3) is 6.08 Å². The van der Waals surface area contributed by atoms with Crippen LogP contribution in [-0.4, -0.2) is 117 Å². The van der Waals surface area contributed by atoms with Crippen LogP contribution in [-0.2, 0) is 38.0 Å². The molecular formula is C26H28O14. The Morgan fingerprint density at radius 2 is 1.77 bits per heavy atom. The second-order valence-electron chi connectivity index (χ2n) is 10.3. The van der Waals surface area contributed by atoms with E-state index in [1.54, 1.807) is 0 Å². The van der Waals surface area contributed by atoms with Crippen LogP contribution in [0.3, 0.4) is 0 Å². The Hall–Kier alpha value is -3.08. The second-order valence-corrected chi connectivity index (χ2v) is 10.3. The van der Waals surface area contributed by atoms with Crippen molar-refractivity contribution in [2.75, 3.05) is 13.7 Å². The molecule has 1 saturated carbocycles. The van der Waals surface area contributed by atoms with E-state index < -0.39 is 91.3 Å². The van der Waals surface area contributed by atoms with Crippen LogP contribution >= 0.6 is 0 Å². The fourth-order valence-corrected chi connectivity index (χ4v) is 6.20. The van der Waals surface area contributed by atoms with Gasteiger partial charge in [-0.3, -0.25) is 0 Å². The number of phenols is 1. The summed E-state index contributed by atoms with van der Waals surface area (Å²) in [6.07, 6.45) is -10.1. The van der Waals surface area contributed by atoms with Gasteiger partial charge in [0.1, 0.15) is 42.4 Å². The number of phenolic OH excluding ortho intramolecular Hbond substituents is 1. The van der Waals surface area contributed by atoms with Gasteiger partial charge >= 0.3 is 11.9 Å². The first-order valence-corrected chi connectivity index (χ1v) is 12.6. The number of hydrogen-bond acceptors (Lipinski definition) is 14. The number of methoxy groups -OCH3 is 1. The minimum atomic E-state index is -1.79. The molecule has 6 N–H and O–H groups in total. The molecule has 40 heavy (non-hydrogen) atoms. The molecule has 14 nitrogen and oxygen atoms in total. The van der Waals surface area contributed by atoms with Crippen molar-refractivity contribution in [2.45, 2.75) is 60.9 Å². The van der Waals surface area contributed by atoms with Crippen LogP contribution < -0.4 is 0 Å². The van der Waals surface area contributed by atoms with Crippen molar-refractivity contribution in [3.8, 4) is 5.75 Å². The molecule has 216 valence electrons. The van der Waals surface area contributed by atoms with Crippen LogP contribution in [0.15, 0.2) is 41.7 Å². The van der Waals surface area contributed by atoms with Gasteiger partial charge < -0.3 is 59.1 Å². The van der Waals surface area contributed by atoms with Crippen molar-refractivity contribution in [1.82, 2.24) is 0 Å². The first kappa shape index (κ1) is 27.1. The van der Waals surface area contributed by atoms with E-state index >= 15 is 0 Å². The SMILES string of the molecule is COC(=O)C1=CO[C@@H](O[C@@H]2O[C@H](CO)[C@@H](O)[C@H](O)[C@H]2O)[C@H]2[C@@H]1[C@@H]1O[C@@H]1[C@@]21OC(=O)/C(=C/c2ccc(O)cc2)[C@H]1O. The molecule has 6 rings (SSSR count). The van der Waals surface area contributed by atoms with Gasteiger partial charge in [0.05, 0.1) is 43.1 Å². The van der Waals surface area contributed by atoms with Crippen molar-refractivity contribution in [3.63, 3.8) is 0 Å². The third-order valence-corrected chi connectivity index (χ3v) is 8.19. The molecule has 5 aliphatic rings. The molecule has 1 aromatic rings. The van der Waals surface area contributed by atoms with E-state index in [4.69, 9.17) is 28.4 Å². The molecule has 1 aromatic carbocycles. The van der Waals surface area contributed by atoms with E-state index in [1.165, 1.54) is 37.5 Å². The van der Waals surface area contributed by atoms with Crippen molar-refractivity contribution in [3.05, 3.63) is 47.2 Å². The fraction of sp³-hybridized carbons (Fsp3) is 0.538. The normalized spacial score (nSPS) is 44.5. The highest BCUT2D eigenvalue weighted by atomic mass is 16.8. The second kappa shape index (κ2) is 9.78. The number of aliphatic hydroxyl groups is 5. The van der Waals surface area contributed by atoms with Crippen LogP contribution in [0.1, 0.15) is 5.56 Å². The molecule has 0 amide bonds. The molecule has 0 radical (unpaired) electrons. The van der Waals surface area contributed by atoms with Gasteiger partial charge in [-0.15, -0.1) is 0 Å². The Labute approximate surface area is 226 Å². The summed E-state index contributed by atoms with van der Waals surface area (Å²) >= 11 is 0. The summed E-state index contributed by atoms with van der Waals surface area (Å²) in [6, 6.07) is 5.89. The average molecular weight is 564 g/mol. The number of hydrogen-bond donors (Lipinski definition) is 6. The number of epoxide rings is 1. The number of aliphatic hydroxyl groups excluding tert-OH is 5. The van der Waals surface area contributed by atoms with Gasteiger partial charge in [0.2, 0.25) is 6.29 Å². The number of rotatable bonds is 5. The van der Waals surface area contributed by atoms with E-state index in [-0.39, 0.29) is 16.9 Å². The molecule has 1 aliphatic carbocycles. The topological polar surface area (TPSA) is 214 Å². The lowest BCUT2D eigenvalue weighted by Crippen LogP contribution is -2.62. The molecule has 14 heteroatoms. The maximum atomic E-state index is 13.1. The summed E-state index contributed by atoms with van der Waals surface area (Å²) in [4.78, 5) is 25.8. The highest BCUT2D eigenvalue weighted by molar-refractivity contribution is 5.98. The first-order chi connectivity index (χ1) is 19.1. The van der Waals surface area contributed by atoms with Crippen LogP contribution in [0.5, 0.6) is 5.75 Å². The number of ether oxygens (including phenoxy) is 6. The monoisotopic (exact) mass is 564 g/mol. The van der Waals surface area contributed by atoms with Crippen LogP contribution in [0.4, 0.5) is 0 Å². The molecule has 0 aromatic heterocycles. The predicted molar refractivity (Wildman–Crippen MR) is 126 cm³/mol. The molecular weight excluding hydrogens is 536 g/mol. The van der Waals surface area contributed by atoms with Gasteiger partial charge in [-0.05, 0) is 23.8 Å². The maximum absolute atomic E-state index is 13.1. The van der Waals surface area contributed by atoms with Crippen molar-refractivity contribution in [2.24, 2.45) is 11.8 Å². The number of fused-ring (bicyclic) bond motifs is 5. The summed E-state index contributed by atoms with van der Waals surface area (Å²) in [5.41, 5.74) is -1.36. The third kappa shape index (κ3) is 3.94. The third-order valence-electron chi connectivity index (χ3n) is 8.19. The van der Waals surface area contributed by atoms with Crippen molar-refractivity contribution >= 4 is 18.0 Å². The summed E-state index contributed by atoms with van der Waals surface area (Å²) in [6.45, 7) is -0.696. The summed E-state index contributed by atoms with van der Waals surface area (Å²) in [5, 5.41) is 61.6. The van der Waals surface area contributed by atoms with Crippen molar-refractivity contribution < 1.29 is 68.6 Å². The largest absolute Gasteiger partial charge is 0.508 e. The lowest BCUT2D eigenvalue weighted by Gasteiger charge is -2.45. The van der Waals surface area contributed by atoms with Gasteiger partial charge in [0.15, 0.2) is 11.9 Å². The minimum Gasteiger partial charge on any atom is -0.508 e. The first-order valence-electron chi connectivity index (χ1n) is 12.6. The molecule has 0 unspecified atom stereocenters. The zero-order valence-electron chi connectivity index (χ0n) is 21.0. The summed E-state index contributed by atoms with van der Waals surface area (Å²) in [5.74, 6) is -3.51. The van der Waals surface area contributed by atoms with E-state index in [9.17, 15) is 40.2 Å². The number of benzene rings is 1. The van der Waals surface area contributed by atoms with E-state index in [2.05, 4.69) is 0 Å². The van der Waals surface area contributed by atoms with Gasteiger partial charge in [-0.2, -0.15) is 0 Å². The Morgan fingerprint density at radius 1 is 1.05 bits per heavy atom. The summed E-state index contributed by atoms with van der Waals surface area (Å²) < 4.78 is 33.6. The zero-order valence-corrected chi connectivity index (χ0v) is 21.0. The fourth-order valence-electron chi connectivity index (χ4n) is 6.20. The van der Waals surface area contributed by atoms with Crippen LogP contribution in [0.2, 0.25) is 0 Å². The highest BCUT2D eigenvalue weighted by Gasteiger charge is 2.81. The number of carbonyl (C=O) groups excluding carboxylic acids is 2. The van der Waals surface area contributed by atoms with Gasteiger partial charge in [0, 0.05) is 5.92 Å². The zero-order chi connectivity index (χ0) is 28.5. The molecule has 4 aliphatic heterocycles. The molecule has 4 heterocycles. The van der Waals surface area contributed by atoms with Gasteiger partial charge in [-0.25, -0.2) is 9.59 Å². The lowest BCUT2D eigenvalue weighted by atomic mass is 9.75. The molecule has 1 spiro atoms. The molecule has 4 fully saturated rings. The predicted octanol–water partition coefficient (Wildman–Crippen LogP) is -2.32. The van der Waals surface area contributed by atoms with Crippen molar-refractivity contribution in [1.29, 1.82) is 0 Å². The number of aromatic hydroxyl groups is 1. The Balaban J connectivity index is 1.37. The number of esters is 2. The van der Waals surface area contributed by atoms with Crippen LogP contribution in [0, 0.1) is 11.8 Å². The smallest absolute Gasteiger partial charge is 0.337 e. The maximum Gasteiger partial charge on any atom is 0.337 e. The standard InChI is InChI=1S/C26H28O14/c1-35-22(33)12-8-36-24(39-25-18(31)17(30)16(29)13(7-27)37-25)15-14(12)19-21(38-19)26(15)20(32)11(23(34)40-26)6-9-2-4-10(28)5-3-9/h2-6,8,13-21,24-25,27-32H,7H2,1H3/b11-6+/t13-,14-,15-,16-,17+,18-,19+,20-,21+,24+,25+,26-/m1/s1. The lowest BCUT2D eigenvalue weighted by molar-refractivity contribution is -0.350. The molecule has 3 saturated heterocycles. The van der Waals surface area contributed by atoms with E-state index in [1.807, 2.05) is 0 Å². The quantitative estimate of drug-likeness (QED) is 0.126. The Morgan fingerprint density at radius 3 is 2.45 bits per heavy atom. The van der Waals surface area contributed by atoms with Gasteiger partial charge in [-0.1, -0.05) is 12.1 Å². The van der Waals surface area contributed by atoms with E-state index in [0.717, 1.165) is 6.26 Å². The average Bonchev–Trinajstić information content (AvgIpc) is 3.65. The van der Waals surface area contributed by atoms with E-state index in [0.29, 0.717) is 5.56 Å². The number of carbonyl (C=O) groups is 2. The summed E-state index contributed by atoms with van der Waals surface area (Å²) in [7, 11) is 1.17. The highest BCUT2D eigenvalue weighted by Crippen LogP contribution is 2.64.